The van der Waals surface area contributed by atoms with Crippen LogP contribution in [-0.2, 0) is 19.5 Å². The first-order valence-electron chi connectivity index (χ1n) is 5.94. The number of halogens is 2. The number of rotatable bonds is 3. The minimum absolute atomic E-state index is 0. The molecule has 2 aliphatic heterocycles. The number of aryl methyl sites for hydroxylation is 1. The predicted octanol–water partition coefficient (Wildman–Crippen LogP) is 2.47. The Kier molecular flexibility index (Phi) is 5.92. The fraction of sp³-hybridized carbons (Fsp3) is 0.583. The molecule has 0 fully saturated rings. The average molecular weight is 308 g/mol. The van der Waals surface area contributed by atoms with Crippen LogP contribution in [-0.4, -0.2) is 30.4 Å². The summed E-state index contributed by atoms with van der Waals surface area (Å²) >= 11 is 1.92. The molecule has 0 radical (unpaired) electrons. The van der Waals surface area contributed by atoms with E-state index in [9.17, 15) is 0 Å². The van der Waals surface area contributed by atoms with Gasteiger partial charge in [0.15, 0.2) is 0 Å². The Morgan fingerprint density at radius 1 is 1.39 bits per heavy atom. The molecule has 102 valence electrons. The molecular formula is C12H19Cl2N3S. The summed E-state index contributed by atoms with van der Waals surface area (Å²) in [5.41, 5.74) is 3.13. The molecule has 0 atom stereocenters. The Hall–Kier alpha value is -0.290. The van der Waals surface area contributed by atoms with Crippen LogP contribution in [0.25, 0.3) is 0 Å². The summed E-state index contributed by atoms with van der Waals surface area (Å²) in [6.07, 6.45) is 1.17. The summed E-state index contributed by atoms with van der Waals surface area (Å²) in [7, 11) is 0. The molecule has 0 aliphatic carbocycles. The van der Waals surface area contributed by atoms with E-state index in [1.54, 1.807) is 16.0 Å². The SMILES string of the molecule is CCc1scc2c1CN(CC1=NCCN1)C2.Cl.Cl. The highest BCUT2D eigenvalue weighted by Crippen LogP contribution is 2.31. The second kappa shape index (κ2) is 6.75. The van der Waals surface area contributed by atoms with E-state index in [1.807, 2.05) is 11.3 Å². The number of aliphatic imine (C=N–C) groups is 1. The standard InChI is InChI=1S/C12H17N3S.2ClH/c1-2-11-10-6-15(5-9(10)8-16-11)7-12-13-3-4-14-12;;/h8H,2-7H2,1H3,(H,13,14);2*1H. The van der Waals surface area contributed by atoms with Gasteiger partial charge in [-0.2, -0.15) is 0 Å². The van der Waals surface area contributed by atoms with E-state index in [2.05, 4.69) is 27.5 Å². The molecular weight excluding hydrogens is 289 g/mol. The lowest BCUT2D eigenvalue weighted by molar-refractivity contribution is 0.324. The summed E-state index contributed by atoms with van der Waals surface area (Å²) in [6, 6.07) is 0. The number of nitrogens with one attached hydrogen (secondary N) is 1. The van der Waals surface area contributed by atoms with E-state index in [4.69, 9.17) is 0 Å². The van der Waals surface area contributed by atoms with Crippen molar-refractivity contribution in [1.82, 2.24) is 10.2 Å². The maximum atomic E-state index is 4.46. The Balaban J connectivity index is 0.000000810. The highest BCUT2D eigenvalue weighted by molar-refractivity contribution is 7.10. The molecule has 0 amide bonds. The summed E-state index contributed by atoms with van der Waals surface area (Å²) in [4.78, 5) is 8.50. The third-order valence-electron chi connectivity index (χ3n) is 3.28. The molecule has 3 heterocycles. The van der Waals surface area contributed by atoms with Gasteiger partial charge in [0.25, 0.3) is 0 Å². The number of hydrogen-bond acceptors (Lipinski definition) is 4. The first-order chi connectivity index (χ1) is 7.86. The van der Waals surface area contributed by atoms with Crippen molar-refractivity contribution in [3.63, 3.8) is 0 Å². The third kappa shape index (κ3) is 2.99. The van der Waals surface area contributed by atoms with Crippen LogP contribution in [0.4, 0.5) is 0 Å². The van der Waals surface area contributed by atoms with E-state index in [1.165, 1.54) is 12.3 Å². The summed E-state index contributed by atoms with van der Waals surface area (Å²) < 4.78 is 0. The van der Waals surface area contributed by atoms with Gasteiger partial charge in [0.2, 0.25) is 0 Å². The van der Waals surface area contributed by atoms with Crippen LogP contribution in [0, 0.1) is 0 Å². The fourth-order valence-electron chi connectivity index (χ4n) is 2.48. The van der Waals surface area contributed by atoms with Gasteiger partial charge in [-0.25, -0.2) is 0 Å². The zero-order chi connectivity index (χ0) is 11.0. The largest absolute Gasteiger partial charge is 0.371 e. The van der Waals surface area contributed by atoms with Crippen molar-refractivity contribution in [2.24, 2.45) is 4.99 Å². The highest BCUT2D eigenvalue weighted by atomic mass is 35.5. The molecule has 3 nitrogen and oxygen atoms in total. The van der Waals surface area contributed by atoms with Crippen LogP contribution in [0.15, 0.2) is 10.4 Å². The molecule has 0 saturated heterocycles. The number of nitrogens with zero attached hydrogens (tertiary/aromatic N) is 2. The number of thiophene rings is 1. The van der Waals surface area contributed by atoms with Gasteiger partial charge in [-0.15, -0.1) is 36.2 Å². The molecule has 3 rings (SSSR count). The first kappa shape index (κ1) is 15.8. The van der Waals surface area contributed by atoms with Crippen LogP contribution in [0.3, 0.4) is 0 Å². The Bertz CT molecular complexity index is 431. The van der Waals surface area contributed by atoms with Crippen molar-refractivity contribution in [1.29, 1.82) is 0 Å². The second-order valence-corrected chi connectivity index (χ2v) is 5.38. The van der Waals surface area contributed by atoms with Crippen LogP contribution in [0.2, 0.25) is 0 Å². The van der Waals surface area contributed by atoms with Crippen molar-refractivity contribution in [3.8, 4) is 0 Å². The van der Waals surface area contributed by atoms with Gasteiger partial charge in [0.05, 0.1) is 13.1 Å². The van der Waals surface area contributed by atoms with Gasteiger partial charge >= 0.3 is 0 Å². The molecule has 2 aliphatic rings. The molecule has 6 heteroatoms. The number of fused-ring (bicyclic) bond motifs is 1. The normalized spacial score (nSPS) is 17.5. The van der Waals surface area contributed by atoms with Crippen molar-refractivity contribution in [2.75, 3.05) is 19.6 Å². The van der Waals surface area contributed by atoms with Crippen LogP contribution < -0.4 is 5.32 Å². The fourth-order valence-corrected chi connectivity index (χ4v) is 3.49. The molecule has 0 unspecified atom stereocenters. The minimum Gasteiger partial charge on any atom is -0.371 e. The van der Waals surface area contributed by atoms with Gasteiger partial charge < -0.3 is 5.32 Å². The molecule has 0 saturated carbocycles. The van der Waals surface area contributed by atoms with E-state index in [0.29, 0.717) is 0 Å². The zero-order valence-electron chi connectivity index (χ0n) is 10.4. The van der Waals surface area contributed by atoms with E-state index in [0.717, 1.165) is 32.7 Å². The number of amidine groups is 1. The minimum atomic E-state index is 0. The molecule has 1 N–H and O–H groups in total. The van der Waals surface area contributed by atoms with Crippen LogP contribution in [0.1, 0.15) is 22.9 Å². The first-order valence-corrected chi connectivity index (χ1v) is 6.82. The maximum absolute atomic E-state index is 4.46. The maximum Gasteiger partial charge on any atom is 0.111 e. The summed E-state index contributed by atoms with van der Waals surface area (Å²) in [6.45, 7) is 7.42. The van der Waals surface area contributed by atoms with Crippen molar-refractivity contribution < 1.29 is 0 Å². The molecule has 1 aromatic rings. The van der Waals surface area contributed by atoms with E-state index < -0.39 is 0 Å². The monoisotopic (exact) mass is 307 g/mol. The molecule has 18 heavy (non-hydrogen) atoms. The second-order valence-electron chi connectivity index (χ2n) is 4.42. The van der Waals surface area contributed by atoms with Gasteiger partial charge in [-0.05, 0) is 22.9 Å². The van der Waals surface area contributed by atoms with Crippen LogP contribution in [0.5, 0.6) is 0 Å². The Labute approximate surface area is 124 Å². The molecule has 0 spiro atoms. The van der Waals surface area contributed by atoms with Crippen molar-refractivity contribution >= 4 is 42.0 Å². The quantitative estimate of drug-likeness (QED) is 0.929. The average Bonchev–Trinajstić information content (AvgIpc) is 2.94. The van der Waals surface area contributed by atoms with Gasteiger partial charge in [0, 0.05) is 24.5 Å². The number of hydrogen-bond donors (Lipinski definition) is 1. The topological polar surface area (TPSA) is 27.6 Å². The van der Waals surface area contributed by atoms with Gasteiger partial charge in [-0.3, -0.25) is 9.89 Å². The van der Waals surface area contributed by atoms with Crippen molar-refractivity contribution in [2.45, 2.75) is 26.4 Å². The van der Waals surface area contributed by atoms with E-state index in [-0.39, 0.29) is 24.8 Å². The van der Waals surface area contributed by atoms with Crippen molar-refractivity contribution in [3.05, 3.63) is 21.4 Å². The summed E-state index contributed by atoms with van der Waals surface area (Å²) in [5, 5.41) is 5.67. The predicted molar refractivity (Wildman–Crippen MR) is 82.6 cm³/mol. The summed E-state index contributed by atoms with van der Waals surface area (Å²) in [5.74, 6) is 1.17. The Morgan fingerprint density at radius 2 is 2.22 bits per heavy atom. The van der Waals surface area contributed by atoms with Gasteiger partial charge in [0.1, 0.15) is 5.84 Å². The zero-order valence-corrected chi connectivity index (χ0v) is 12.9. The highest BCUT2D eigenvalue weighted by Gasteiger charge is 2.24. The Morgan fingerprint density at radius 3 is 2.89 bits per heavy atom. The van der Waals surface area contributed by atoms with E-state index >= 15 is 0 Å². The molecule has 0 bridgehead atoms. The lowest BCUT2D eigenvalue weighted by Crippen LogP contribution is -2.32. The molecule has 1 aromatic heterocycles. The molecule has 0 aromatic carbocycles. The smallest absolute Gasteiger partial charge is 0.111 e. The lowest BCUT2D eigenvalue weighted by Gasteiger charge is -2.15. The third-order valence-corrected chi connectivity index (χ3v) is 4.50. The van der Waals surface area contributed by atoms with Gasteiger partial charge in [-0.1, -0.05) is 6.92 Å². The van der Waals surface area contributed by atoms with Crippen LogP contribution >= 0.6 is 36.2 Å². The lowest BCUT2D eigenvalue weighted by atomic mass is 10.2.